The van der Waals surface area contributed by atoms with Gasteiger partial charge in [-0.3, -0.25) is 0 Å². The molecule has 4 nitrogen and oxygen atoms in total. The fraction of sp³-hybridized carbons (Fsp3) is 0.692. The lowest BCUT2D eigenvalue weighted by atomic mass is 10.1. The Balaban J connectivity index is 0.00000147. The Morgan fingerprint density at radius 2 is 2.10 bits per heavy atom. The van der Waals surface area contributed by atoms with E-state index in [9.17, 15) is 8.42 Å². The van der Waals surface area contributed by atoms with Crippen molar-refractivity contribution in [2.75, 3.05) is 18.8 Å². The summed E-state index contributed by atoms with van der Waals surface area (Å²) in [5.41, 5.74) is 0. The Hall–Kier alpha value is -0.140. The van der Waals surface area contributed by atoms with Crippen LogP contribution in [0.5, 0.6) is 0 Å². The zero-order valence-corrected chi connectivity index (χ0v) is 13.8. The van der Waals surface area contributed by atoms with E-state index in [0.29, 0.717) is 6.42 Å². The van der Waals surface area contributed by atoms with Gasteiger partial charge < -0.3 is 5.32 Å². The summed E-state index contributed by atoms with van der Waals surface area (Å²) in [5, 5.41) is 5.35. The van der Waals surface area contributed by atoms with Crippen molar-refractivity contribution < 1.29 is 8.42 Å². The van der Waals surface area contributed by atoms with Gasteiger partial charge in [-0.2, -0.15) is 4.31 Å². The average Bonchev–Trinajstić information content (AvgIpc) is 2.94. The first kappa shape index (κ1) is 16.2. The molecule has 0 aromatic carbocycles. The third-order valence-corrected chi connectivity index (χ3v) is 6.99. The topological polar surface area (TPSA) is 49.4 Å². The maximum Gasteiger partial charge on any atom is 0.215 e. The molecule has 2 aliphatic heterocycles. The molecule has 2 atom stereocenters. The molecule has 3 rings (SSSR count). The molecule has 7 heteroatoms. The van der Waals surface area contributed by atoms with Crippen molar-refractivity contribution in [1.29, 1.82) is 0 Å². The number of sulfonamides is 1. The molecule has 1 aromatic heterocycles. The zero-order valence-electron chi connectivity index (χ0n) is 11.3. The van der Waals surface area contributed by atoms with Gasteiger partial charge in [0, 0.05) is 23.5 Å². The molecule has 0 aliphatic carbocycles. The molecule has 0 amide bonds. The van der Waals surface area contributed by atoms with Crippen LogP contribution in [0.1, 0.15) is 24.1 Å². The monoisotopic (exact) mass is 336 g/mol. The van der Waals surface area contributed by atoms with Gasteiger partial charge >= 0.3 is 0 Å². The maximum absolute atomic E-state index is 12.6. The molecule has 2 bridgehead atoms. The van der Waals surface area contributed by atoms with Crippen LogP contribution in [0.3, 0.4) is 0 Å². The number of rotatable bonds is 4. The second-order valence-corrected chi connectivity index (χ2v) is 8.38. The lowest BCUT2D eigenvalue weighted by Crippen LogP contribution is -2.43. The highest BCUT2D eigenvalue weighted by atomic mass is 35.5. The van der Waals surface area contributed by atoms with Crippen molar-refractivity contribution in [3.63, 3.8) is 0 Å². The number of thiophene rings is 1. The Bertz CT molecular complexity index is 504. The van der Waals surface area contributed by atoms with Gasteiger partial charge in [-0.15, -0.1) is 23.7 Å². The summed E-state index contributed by atoms with van der Waals surface area (Å²) in [7, 11) is -3.12. The van der Waals surface area contributed by atoms with Gasteiger partial charge in [0.25, 0.3) is 0 Å². The summed E-state index contributed by atoms with van der Waals surface area (Å²) in [6.45, 7) is 1.76. The van der Waals surface area contributed by atoms with Crippen molar-refractivity contribution in [3.05, 3.63) is 22.4 Å². The molecule has 0 saturated carbocycles. The van der Waals surface area contributed by atoms with Gasteiger partial charge in [-0.1, -0.05) is 6.07 Å². The second kappa shape index (κ2) is 6.75. The Morgan fingerprint density at radius 1 is 1.30 bits per heavy atom. The minimum Gasteiger partial charge on any atom is -0.315 e. The molecule has 20 heavy (non-hydrogen) atoms. The van der Waals surface area contributed by atoms with Crippen molar-refractivity contribution >= 4 is 33.8 Å². The van der Waals surface area contributed by atoms with Crippen LogP contribution in [0.25, 0.3) is 0 Å². The molecule has 0 radical (unpaired) electrons. The highest BCUT2D eigenvalue weighted by Gasteiger charge is 2.41. The van der Waals surface area contributed by atoms with Crippen LogP contribution in [-0.2, 0) is 16.4 Å². The van der Waals surface area contributed by atoms with Crippen LogP contribution in [0.4, 0.5) is 0 Å². The van der Waals surface area contributed by atoms with E-state index < -0.39 is 10.0 Å². The fourth-order valence-corrected chi connectivity index (χ4v) is 6.01. The van der Waals surface area contributed by atoms with E-state index in [1.54, 1.807) is 11.3 Å². The van der Waals surface area contributed by atoms with E-state index in [-0.39, 0.29) is 30.2 Å². The second-order valence-electron chi connectivity index (χ2n) is 5.35. The molecular weight excluding hydrogens is 316 g/mol. The van der Waals surface area contributed by atoms with E-state index in [1.165, 1.54) is 0 Å². The van der Waals surface area contributed by atoms with Crippen LogP contribution in [0.15, 0.2) is 17.5 Å². The SMILES string of the molecule is Cl.O=S(=O)(CCc1cccs1)N1C2CCNCC1CC2. The van der Waals surface area contributed by atoms with Gasteiger partial charge in [0.05, 0.1) is 5.75 Å². The molecule has 1 N–H and O–H groups in total. The van der Waals surface area contributed by atoms with Crippen molar-refractivity contribution in [1.82, 2.24) is 9.62 Å². The number of halogens is 1. The molecule has 2 aliphatic rings. The summed E-state index contributed by atoms with van der Waals surface area (Å²) in [6, 6.07) is 4.40. The number of aryl methyl sites for hydroxylation is 1. The predicted molar refractivity (Wildman–Crippen MR) is 85.2 cm³/mol. The maximum atomic E-state index is 12.6. The summed E-state index contributed by atoms with van der Waals surface area (Å²) in [6.07, 6.45) is 3.64. The zero-order chi connectivity index (χ0) is 13.3. The smallest absolute Gasteiger partial charge is 0.215 e. The third-order valence-electron chi connectivity index (χ3n) is 4.09. The molecule has 3 heterocycles. The van der Waals surface area contributed by atoms with Crippen LogP contribution in [0.2, 0.25) is 0 Å². The summed E-state index contributed by atoms with van der Waals surface area (Å²) in [5.74, 6) is 0.251. The lowest BCUT2D eigenvalue weighted by Gasteiger charge is -2.26. The molecule has 0 spiro atoms. The Kier molecular flexibility index (Phi) is 5.48. The summed E-state index contributed by atoms with van der Waals surface area (Å²) >= 11 is 1.64. The number of hydrogen-bond donors (Lipinski definition) is 1. The summed E-state index contributed by atoms with van der Waals surface area (Å²) < 4.78 is 27.0. The van der Waals surface area contributed by atoms with Gasteiger partial charge in [0.1, 0.15) is 0 Å². The fourth-order valence-electron chi connectivity index (χ4n) is 3.18. The molecule has 114 valence electrons. The van der Waals surface area contributed by atoms with Gasteiger partial charge in [-0.05, 0) is 43.7 Å². The highest BCUT2D eigenvalue weighted by Crippen LogP contribution is 2.31. The van der Waals surface area contributed by atoms with Crippen LogP contribution in [-0.4, -0.2) is 43.6 Å². The van der Waals surface area contributed by atoms with E-state index in [4.69, 9.17) is 0 Å². The third kappa shape index (κ3) is 3.36. The van der Waals surface area contributed by atoms with Crippen LogP contribution < -0.4 is 5.32 Å². The Labute approximate surface area is 131 Å². The minimum atomic E-state index is -3.12. The molecule has 2 saturated heterocycles. The van der Waals surface area contributed by atoms with Crippen molar-refractivity contribution in [2.45, 2.75) is 37.8 Å². The number of nitrogens with zero attached hydrogens (tertiary/aromatic N) is 1. The minimum absolute atomic E-state index is 0. The first-order chi connectivity index (χ1) is 9.17. The van der Waals surface area contributed by atoms with Crippen molar-refractivity contribution in [3.8, 4) is 0 Å². The first-order valence-corrected chi connectivity index (χ1v) is 9.40. The number of hydrogen-bond acceptors (Lipinski definition) is 4. The molecule has 1 aromatic rings. The largest absolute Gasteiger partial charge is 0.315 e. The van der Waals surface area contributed by atoms with Gasteiger partial charge in [0.2, 0.25) is 10.0 Å². The van der Waals surface area contributed by atoms with E-state index >= 15 is 0 Å². The lowest BCUT2D eigenvalue weighted by molar-refractivity contribution is 0.334. The highest BCUT2D eigenvalue weighted by molar-refractivity contribution is 7.89. The van der Waals surface area contributed by atoms with E-state index in [2.05, 4.69) is 5.32 Å². The first-order valence-electron chi connectivity index (χ1n) is 6.91. The van der Waals surface area contributed by atoms with Gasteiger partial charge in [-0.25, -0.2) is 8.42 Å². The van der Waals surface area contributed by atoms with Crippen LogP contribution >= 0.6 is 23.7 Å². The molecular formula is C13H21ClN2O2S2. The number of fused-ring (bicyclic) bond motifs is 2. The molecule has 2 fully saturated rings. The quantitative estimate of drug-likeness (QED) is 0.913. The standard InChI is InChI=1S/C13H20N2O2S2.ClH/c16-19(17,9-6-13-2-1-8-18-13)15-11-3-4-12(15)10-14-7-5-11;/h1-2,8,11-12,14H,3-7,9-10H2;1H. The average molecular weight is 337 g/mol. The predicted octanol–water partition coefficient (Wildman–Crippen LogP) is 1.87. The van der Waals surface area contributed by atoms with E-state index in [1.807, 2.05) is 21.8 Å². The number of nitrogens with one attached hydrogen (secondary N) is 1. The van der Waals surface area contributed by atoms with E-state index in [0.717, 1.165) is 37.2 Å². The summed E-state index contributed by atoms with van der Waals surface area (Å²) in [4.78, 5) is 1.16. The Morgan fingerprint density at radius 3 is 2.85 bits per heavy atom. The van der Waals surface area contributed by atoms with Crippen LogP contribution in [0, 0.1) is 0 Å². The van der Waals surface area contributed by atoms with Crippen molar-refractivity contribution in [2.24, 2.45) is 0 Å². The van der Waals surface area contributed by atoms with Gasteiger partial charge in [0.15, 0.2) is 0 Å². The molecule has 2 unspecified atom stereocenters. The normalized spacial score (nSPS) is 27.0.